The van der Waals surface area contributed by atoms with E-state index in [0.29, 0.717) is 24.0 Å². The van der Waals surface area contributed by atoms with E-state index in [-0.39, 0.29) is 0 Å². The molecule has 0 atom stereocenters. The van der Waals surface area contributed by atoms with Crippen LogP contribution >= 0.6 is 12.2 Å². The zero-order chi connectivity index (χ0) is 23.6. The highest BCUT2D eigenvalue weighted by Gasteiger charge is 2.15. The summed E-state index contributed by atoms with van der Waals surface area (Å²) >= 11 is 5.83. The van der Waals surface area contributed by atoms with Gasteiger partial charge in [-0.25, -0.2) is 0 Å². The van der Waals surface area contributed by atoms with Crippen LogP contribution in [0, 0.1) is 0 Å². The van der Waals surface area contributed by atoms with Crippen molar-refractivity contribution in [2.75, 3.05) is 37.5 Å². The van der Waals surface area contributed by atoms with E-state index in [1.807, 2.05) is 30.5 Å². The molecule has 1 aromatic heterocycles. The van der Waals surface area contributed by atoms with Gasteiger partial charge in [0.25, 0.3) is 0 Å². The van der Waals surface area contributed by atoms with Crippen molar-refractivity contribution in [3.63, 3.8) is 0 Å². The van der Waals surface area contributed by atoms with E-state index in [2.05, 4.69) is 64.3 Å². The first-order valence-electron chi connectivity index (χ1n) is 11.1. The number of pyridine rings is 1. The predicted molar refractivity (Wildman–Crippen MR) is 139 cm³/mol. The van der Waals surface area contributed by atoms with Gasteiger partial charge in [-0.05, 0) is 67.5 Å². The third-order valence-corrected chi connectivity index (χ3v) is 5.83. The maximum Gasteiger partial charge on any atom is 0.174 e. The quantitative estimate of drug-likeness (QED) is 0.406. The zero-order valence-electron chi connectivity index (χ0n) is 19.7. The minimum absolute atomic E-state index is 0.607. The van der Waals surface area contributed by atoms with Crippen molar-refractivity contribution in [3.8, 4) is 11.5 Å². The van der Waals surface area contributed by atoms with Gasteiger partial charge in [0, 0.05) is 50.3 Å². The largest absolute Gasteiger partial charge is 0.497 e. The Bertz CT molecular complexity index is 1020. The molecule has 0 radical (unpaired) electrons. The summed E-state index contributed by atoms with van der Waals surface area (Å²) in [6.45, 7) is 7.62. The fourth-order valence-corrected chi connectivity index (χ4v) is 3.87. The van der Waals surface area contributed by atoms with Gasteiger partial charge in [-0.3, -0.25) is 4.98 Å². The lowest BCUT2D eigenvalue weighted by atomic mass is 10.1. The van der Waals surface area contributed by atoms with Crippen molar-refractivity contribution in [1.29, 1.82) is 0 Å². The van der Waals surface area contributed by atoms with Crippen LogP contribution in [0.2, 0.25) is 0 Å². The van der Waals surface area contributed by atoms with Crippen LogP contribution in [0.3, 0.4) is 0 Å². The third kappa shape index (κ3) is 6.58. The molecule has 0 spiro atoms. The number of nitrogens with one attached hydrogen (secondary N) is 1. The van der Waals surface area contributed by atoms with Crippen molar-refractivity contribution < 1.29 is 9.47 Å². The summed E-state index contributed by atoms with van der Waals surface area (Å²) in [5.41, 5.74) is 4.28. The van der Waals surface area contributed by atoms with Gasteiger partial charge in [0.15, 0.2) is 5.11 Å². The smallest absolute Gasteiger partial charge is 0.174 e. The first-order chi connectivity index (χ1) is 16.1. The Labute approximate surface area is 202 Å². The van der Waals surface area contributed by atoms with E-state index in [1.54, 1.807) is 20.4 Å². The number of rotatable bonds is 10. The third-order valence-electron chi connectivity index (χ3n) is 5.47. The van der Waals surface area contributed by atoms with E-state index in [9.17, 15) is 0 Å². The molecule has 174 valence electrons. The molecule has 0 aliphatic rings. The lowest BCUT2D eigenvalue weighted by Crippen LogP contribution is -2.34. The number of ether oxygens (including phenoxy) is 2. The molecule has 0 aliphatic heterocycles. The number of nitrogens with zero attached hydrogens (tertiary/aromatic N) is 3. The molecule has 0 aliphatic carbocycles. The predicted octanol–water partition coefficient (Wildman–Crippen LogP) is 5.34. The number of hydrogen-bond donors (Lipinski definition) is 1. The van der Waals surface area contributed by atoms with Crippen molar-refractivity contribution in [3.05, 3.63) is 78.1 Å². The lowest BCUT2D eigenvalue weighted by molar-refractivity contribution is 0.394. The molecule has 0 saturated carbocycles. The average molecular weight is 465 g/mol. The van der Waals surface area contributed by atoms with Crippen molar-refractivity contribution >= 4 is 28.7 Å². The molecule has 0 bridgehead atoms. The maximum absolute atomic E-state index is 5.83. The molecule has 6 nitrogen and oxygen atoms in total. The summed E-state index contributed by atoms with van der Waals surface area (Å²) in [6.07, 6.45) is 3.64. The van der Waals surface area contributed by atoms with Crippen LogP contribution in [-0.4, -0.2) is 42.3 Å². The van der Waals surface area contributed by atoms with Gasteiger partial charge in [-0.15, -0.1) is 0 Å². The molecule has 0 fully saturated rings. The molecule has 0 unspecified atom stereocenters. The van der Waals surface area contributed by atoms with Gasteiger partial charge in [-0.1, -0.05) is 18.2 Å². The van der Waals surface area contributed by atoms with Crippen molar-refractivity contribution in [1.82, 2.24) is 9.88 Å². The van der Waals surface area contributed by atoms with Gasteiger partial charge in [0.1, 0.15) is 11.5 Å². The van der Waals surface area contributed by atoms with Crippen LogP contribution in [0.4, 0.5) is 11.4 Å². The Kier molecular flexibility index (Phi) is 8.89. The molecule has 1 N–H and O–H groups in total. The molecule has 3 rings (SSSR count). The Morgan fingerprint density at radius 2 is 1.67 bits per heavy atom. The van der Waals surface area contributed by atoms with E-state index in [1.165, 1.54) is 11.3 Å². The number of methoxy groups -OCH3 is 2. The Hall–Kier alpha value is -3.32. The second-order valence-electron chi connectivity index (χ2n) is 7.55. The fraction of sp³-hybridized carbons (Fsp3) is 0.308. The standard InChI is InChI=1S/C26H32N4O2S/c1-5-29(6-2)22-11-9-20(10-12-22)18-30(19-21-8-7-15-27-17-21)26(33)28-24-14-13-23(31-3)16-25(24)32-4/h7-17H,5-6,18-19H2,1-4H3,(H,28,33). The number of anilines is 2. The van der Waals surface area contributed by atoms with Crippen LogP contribution in [-0.2, 0) is 13.1 Å². The summed E-state index contributed by atoms with van der Waals surface area (Å²) in [4.78, 5) is 8.71. The summed E-state index contributed by atoms with van der Waals surface area (Å²) in [5.74, 6) is 1.39. The van der Waals surface area contributed by atoms with Gasteiger partial charge in [-0.2, -0.15) is 0 Å². The summed E-state index contributed by atoms with van der Waals surface area (Å²) < 4.78 is 10.8. The molecule has 0 amide bonds. The monoisotopic (exact) mass is 464 g/mol. The normalized spacial score (nSPS) is 10.4. The lowest BCUT2D eigenvalue weighted by Gasteiger charge is -2.27. The summed E-state index contributed by atoms with van der Waals surface area (Å²) in [6, 6.07) is 18.3. The zero-order valence-corrected chi connectivity index (χ0v) is 20.6. The molecule has 33 heavy (non-hydrogen) atoms. The SMILES string of the molecule is CCN(CC)c1ccc(CN(Cc2cccnc2)C(=S)Nc2ccc(OC)cc2OC)cc1. The van der Waals surface area contributed by atoms with Crippen LogP contribution in [0.5, 0.6) is 11.5 Å². The number of hydrogen-bond acceptors (Lipinski definition) is 5. The van der Waals surface area contributed by atoms with Crippen LogP contribution in [0.25, 0.3) is 0 Å². The van der Waals surface area contributed by atoms with Gasteiger partial charge in [0.05, 0.1) is 19.9 Å². The fourth-order valence-electron chi connectivity index (χ4n) is 3.63. The van der Waals surface area contributed by atoms with Gasteiger partial charge < -0.3 is 24.6 Å². The molecule has 0 saturated heterocycles. The Morgan fingerprint density at radius 3 is 2.27 bits per heavy atom. The van der Waals surface area contributed by atoms with Crippen molar-refractivity contribution in [2.24, 2.45) is 0 Å². The van der Waals surface area contributed by atoms with Crippen LogP contribution in [0.1, 0.15) is 25.0 Å². The highest BCUT2D eigenvalue weighted by atomic mass is 32.1. The maximum atomic E-state index is 5.83. The number of benzene rings is 2. The topological polar surface area (TPSA) is 49.9 Å². The molecule has 1 heterocycles. The molecular weight excluding hydrogens is 432 g/mol. The second kappa shape index (κ2) is 12.1. The van der Waals surface area contributed by atoms with Crippen LogP contribution < -0.4 is 19.7 Å². The van der Waals surface area contributed by atoms with Gasteiger partial charge >= 0.3 is 0 Å². The first-order valence-corrected chi connectivity index (χ1v) is 11.5. The minimum Gasteiger partial charge on any atom is -0.497 e. The highest BCUT2D eigenvalue weighted by Crippen LogP contribution is 2.29. The Morgan fingerprint density at radius 1 is 0.939 bits per heavy atom. The molecule has 2 aromatic carbocycles. The Balaban J connectivity index is 1.81. The average Bonchev–Trinajstić information content (AvgIpc) is 2.86. The van der Waals surface area contributed by atoms with E-state index in [4.69, 9.17) is 21.7 Å². The summed E-state index contributed by atoms with van der Waals surface area (Å²) in [7, 11) is 3.27. The first kappa shape index (κ1) is 24.3. The number of aromatic nitrogens is 1. The molecule has 7 heteroatoms. The van der Waals surface area contributed by atoms with E-state index >= 15 is 0 Å². The molecular formula is C26H32N4O2S. The van der Waals surface area contributed by atoms with E-state index in [0.717, 1.165) is 30.1 Å². The minimum atomic E-state index is 0.607. The highest BCUT2D eigenvalue weighted by molar-refractivity contribution is 7.80. The second-order valence-corrected chi connectivity index (χ2v) is 7.94. The van der Waals surface area contributed by atoms with E-state index < -0.39 is 0 Å². The summed E-state index contributed by atoms with van der Waals surface area (Å²) in [5, 5.41) is 3.96. The van der Waals surface area contributed by atoms with Gasteiger partial charge in [0.2, 0.25) is 0 Å². The van der Waals surface area contributed by atoms with Crippen LogP contribution in [0.15, 0.2) is 67.0 Å². The van der Waals surface area contributed by atoms with Crippen molar-refractivity contribution in [2.45, 2.75) is 26.9 Å². The number of thiocarbonyl (C=S) groups is 1. The molecule has 3 aromatic rings.